The molecule has 7 unspecified atom stereocenters. The number of amides is 1. The first-order chi connectivity index (χ1) is 17.5. The Kier molecular flexibility index (Phi) is 13.0. The zero-order valence-electron chi connectivity index (χ0n) is 23.8. The molecule has 12 nitrogen and oxygen atoms in total. The van der Waals surface area contributed by atoms with Gasteiger partial charge in [-0.05, 0) is 31.6 Å². The number of carbonyl (C=O) groups is 2. The van der Waals surface area contributed by atoms with Crippen LogP contribution in [0.15, 0.2) is 0 Å². The molecule has 7 N–H and O–H groups in total. The molecule has 38 heavy (non-hydrogen) atoms. The highest BCUT2D eigenvalue weighted by molar-refractivity contribution is 5.74. The summed E-state index contributed by atoms with van der Waals surface area (Å²) in [6.07, 6.45) is -11.2. The Bertz CT molecular complexity index is 759. The molecule has 12 heteroatoms. The maximum absolute atomic E-state index is 12.1. The standard InChI is InChI=1S/C26H49NO11/c1-9-25(6,7)22(33)15(27-14(5)29)19(16(30)13(4)12-28)36-24-18(32)17(31)20(21(37-24)23(34)35)38-26(8,10-2)11-3/h13,15-22,24,28,30-33H,9-12H2,1-8H3,(H,27,29)(H,34,35)/t13?,15?,16?,17?,18?,19-,20+,21?,22+,24?/m0/s1. The monoisotopic (exact) mass is 551 g/mol. The molecule has 1 saturated heterocycles. The normalized spacial score (nSPS) is 28.7. The molecule has 0 aromatic heterocycles. The van der Waals surface area contributed by atoms with Crippen LogP contribution in [0.3, 0.4) is 0 Å². The molecular weight excluding hydrogens is 502 g/mol. The molecular formula is C26H49NO11. The number of carbonyl (C=O) groups excluding carboxylic acids is 1. The van der Waals surface area contributed by atoms with Crippen LogP contribution in [0.5, 0.6) is 0 Å². The highest BCUT2D eigenvalue weighted by Crippen LogP contribution is 2.34. The molecule has 1 aliphatic heterocycles. The predicted octanol–water partition coefficient (Wildman–Crippen LogP) is 0.158. The number of aliphatic hydroxyl groups is 5. The fourth-order valence-corrected chi connectivity index (χ4v) is 4.26. The van der Waals surface area contributed by atoms with Gasteiger partial charge in [0.1, 0.15) is 24.4 Å². The van der Waals surface area contributed by atoms with Crippen LogP contribution in [0.25, 0.3) is 0 Å². The SMILES string of the molecule is CCC(C)(CC)O[C@H]1C(C(=O)O)OC(O[C@H](C(O)C(C)CO)C(NC(C)=O)[C@@H](O)C(C)(C)CC)C(O)C1O. The number of hydrogen-bond acceptors (Lipinski definition) is 10. The molecule has 1 aliphatic rings. The maximum atomic E-state index is 12.1. The van der Waals surface area contributed by atoms with Crippen molar-refractivity contribution in [3.05, 3.63) is 0 Å². The third-order valence-corrected chi connectivity index (χ3v) is 7.98. The quantitative estimate of drug-likeness (QED) is 0.146. The second-order valence-corrected chi connectivity index (χ2v) is 11.2. The Balaban J connectivity index is 3.48. The third kappa shape index (κ3) is 8.31. The number of aliphatic hydroxyl groups excluding tert-OH is 5. The largest absolute Gasteiger partial charge is 0.479 e. The third-order valence-electron chi connectivity index (χ3n) is 7.98. The summed E-state index contributed by atoms with van der Waals surface area (Å²) in [5, 5.41) is 66.3. The molecule has 0 radical (unpaired) electrons. The zero-order valence-corrected chi connectivity index (χ0v) is 23.8. The van der Waals surface area contributed by atoms with Crippen molar-refractivity contribution < 1.29 is 54.4 Å². The van der Waals surface area contributed by atoms with E-state index in [1.807, 2.05) is 20.8 Å². The Morgan fingerprint density at radius 2 is 1.58 bits per heavy atom. The minimum atomic E-state index is -1.80. The molecule has 0 aromatic carbocycles. The number of carboxylic acids is 1. The van der Waals surface area contributed by atoms with Gasteiger partial charge in [-0.2, -0.15) is 0 Å². The molecule has 0 aromatic rings. The minimum absolute atomic E-state index is 0.474. The lowest BCUT2D eigenvalue weighted by atomic mass is 9.77. The first-order valence-corrected chi connectivity index (χ1v) is 13.3. The summed E-state index contributed by atoms with van der Waals surface area (Å²) in [7, 11) is 0. The van der Waals surface area contributed by atoms with Crippen LogP contribution in [0.4, 0.5) is 0 Å². The van der Waals surface area contributed by atoms with Crippen molar-refractivity contribution in [2.45, 2.75) is 135 Å². The molecule has 224 valence electrons. The van der Waals surface area contributed by atoms with Crippen molar-refractivity contribution >= 4 is 11.9 Å². The molecule has 0 saturated carbocycles. The van der Waals surface area contributed by atoms with Crippen molar-refractivity contribution in [3.8, 4) is 0 Å². The lowest BCUT2D eigenvalue weighted by Gasteiger charge is -2.47. The van der Waals surface area contributed by atoms with E-state index < -0.39 is 90.5 Å². The van der Waals surface area contributed by atoms with Gasteiger partial charge < -0.3 is 50.2 Å². The number of nitrogens with one attached hydrogen (secondary N) is 1. The van der Waals surface area contributed by atoms with Crippen LogP contribution in [0.2, 0.25) is 0 Å². The van der Waals surface area contributed by atoms with Crippen LogP contribution >= 0.6 is 0 Å². The van der Waals surface area contributed by atoms with Crippen molar-refractivity contribution in [2.75, 3.05) is 6.61 Å². The Morgan fingerprint density at radius 3 is 2.00 bits per heavy atom. The fraction of sp³-hybridized carbons (Fsp3) is 0.923. The van der Waals surface area contributed by atoms with Crippen molar-refractivity contribution in [1.29, 1.82) is 0 Å². The van der Waals surface area contributed by atoms with E-state index in [2.05, 4.69) is 5.32 Å². The van der Waals surface area contributed by atoms with Crippen molar-refractivity contribution in [3.63, 3.8) is 0 Å². The molecule has 10 atom stereocenters. The molecule has 1 heterocycles. The van der Waals surface area contributed by atoms with Crippen LogP contribution in [0, 0.1) is 11.3 Å². The van der Waals surface area contributed by atoms with E-state index in [4.69, 9.17) is 14.2 Å². The fourth-order valence-electron chi connectivity index (χ4n) is 4.26. The van der Waals surface area contributed by atoms with E-state index in [0.717, 1.165) is 0 Å². The van der Waals surface area contributed by atoms with E-state index in [1.165, 1.54) is 13.8 Å². The smallest absolute Gasteiger partial charge is 0.335 e. The highest BCUT2D eigenvalue weighted by atomic mass is 16.7. The molecule has 0 spiro atoms. The lowest BCUT2D eigenvalue weighted by Crippen LogP contribution is -2.66. The average molecular weight is 552 g/mol. The van der Waals surface area contributed by atoms with Gasteiger partial charge in [-0.1, -0.05) is 41.5 Å². The summed E-state index contributed by atoms with van der Waals surface area (Å²) in [6, 6.07) is -1.25. The average Bonchev–Trinajstić information content (AvgIpc) is 2.87. The number of hydrogen-bond donors (Lipinski definition) is 7. The first kappa shape index (κ1) is 34.6. The molecule has 1 rings (SSSR count). The predicted molar refractivity (Wildman–Crippen MR) is 137 cm³/mol. The summed E-state index contributed by atoms with van der Waals surface area (Å²) in [5.74, 6) is -2.81. The molecule has 1 fully saturated rings. The van der Waals surface area contributed by atoms with E-state index in [0.29, 0.717) is 19.3 Å². The molecule has 1 amide bonds. The van der Waals surface area contributed by atoms with Crippen LogP contribution < -0.4 is 5.32 Å². The second-order valence-electron chi connectivity index (χ2n) is 11.2. The summed E-state index contributed by atoms with van der Waals surface area (Å²) < 4.78 is 17.4. The Morgan fingerprint density at radius 1 is 1.03 bits per heavy atom. The van der Waals surface area contributed by atoms with E-state index in [9.17, 15) is 40.2 Å². The summed E-state index contributed by atoms with van der Waals surface area (Å²) in [5.41, 5.74) is -1.56. The zero-order chi connectivity index (χ0) is 29.6. The van der Waals surface area contributed by atoms with Gasteiger partial charge in [-0.15, -0.1) is 0 Å². The van der Waals surface area contributed by atoms with Gasteiger partial charge in [-0.25, -0.2) is 4.79 Å². The topological polar surface area (TPSA) is 195 Å². The van der Waals surface area contributed by atoms with Gasteiger partial charge in [-0.3, -0.25) is 4.79 Å². The maximum Gasteiger partial charge on any atom is 0.335 e. The van der Waals surface area contributed by atoms with E-state index >= 15 is 0 Å². The van der Waals surface area contributed by atoms with E-state index in [-0.39, 0.29) is 0 Å². The number of ether oxygens (including phenoxy) is 3. The van der Waals surface area contributed by atoms with Gasteiger partial charge >= 0.3 is 5.97 Å². The van der Waals surface area contributed by atoms with Gasteiger partial charge in [0.15, 0.2) is 12.4 Å². The summed E-state index contributed by atoms with van der Waals surface area (Å²) in [6.45, 7) is 13.0. The van der Waals surface area contributed by atoms with Crippen LogP contribution in [-0.2, 0) is 23.8 Å². The minimum Gasteiger partial charge on any atom is -0.479 e. The van der Waals surface area contributed by atoms with E-state index in [1.54, 1.807) is 20.8 Å². The molecule has 0 bridgehead atoms. The van der Waals surface area contributed by atoms with Crippen LogP contribution in [-0.4, -0.2) is 110 Å². The van der Waals surface area contributed by atoms with Gasteiger partial charge in [0.25, 0.3) is 0 Å². The van der Waals surface area contributed by atoms with Crippen molar-refractivity contribution in [2.24, 2.45) is 11.3 Å². The number of aliphatic carboxylic acids is 1. The van der Waals surface area contributed by atoms with Gasteiger partial charge in [0, 0.05) is 19.4 Å². The Labute approximate surface area is 225 Å². The van der Waals surface area contributed by atoms with Crippen molar-refractivity contribution in [1.82, 2.24) is 5.32 Å². The number of carboxylic acid groups (broad SMARTS) is 1. The summed E-state index contributed by atoms with van der Waals surface area (Å²) in [4.78, 5) is 24.2. The van der Waals surface area contributed by atoms with Gasteiger partial charge in [0.2, 0.25) is 5.91 Å². The lowest BCUT2D eigenvalue weighted by molar-refractivity contribution is -0.330. The van der Waals surface area contributed by atoms with Gasteiger partial charge in [0.05, 0.1) is 23.9 Å². The summed E-state index contributed by atoms with van der Waals surface area (Å²) >= 11 is 0. The van der Waals surface area contributed by atoms with Crippen LogP contribution in [0.1, 0.15) is 74.7 Å². The first-order valence-electron chi connectivity index (χ1n) is 13.3. The Hall–Kier alpha value is -1.38. The molecule has 0 aliphatic carbocycles. The highest BCUT2D eigenvalue weighted by Gasteiger charge is 2.53. The number of rotatable bonds is 15. The second kappa shape index (κ2) is 14.3.